The molecule has 10 heteroatoms. The summed E-state index contributed by atoms with van der Waals surface area (Å²) < 4.78 is 52.2. The van der Waals surface area contributed by atoms with Crippen molar-refractivity contribution in [2.75, 3.05) is 7.11 Å². The van der Waals surface area contributed by atoms with Crippen LogP contribution in [0.1, 0.15) is 47.8 Å². The Morgan fingerprint density at radius 1 is 1.02 bits per heavy atom. The second-order valence-corrected chi connectivity index (χ2v) is 10.2. The summed E-state index contributed by atoms with van der Waals surface area (Å²) >= 11 is 0. The number of carboxylic acid groups (broad SMARTS) is 1. The van der Waals surface area contributed by atoms with Crippen molar-refractivity contribution in [3.63, 3.8) is 0 Å². The number of methoxy groups -OCH3 is 1. The highest BCUT2D eigenvalue weighted by Crippen LogP contribution is 2.34. The van der Waals surface area contributed by atoms with Crippen LogP contribution in [0.25, 0.3) is 11.3 Å². The lowest BCUT2D eigenvalue weighted by Gasteiger charge is -2.24. The number of aryl methyl sites for hydroxylation is 2. The van der Waals surface area contributed by atoms with Crippen molar-refractivity contribution in [1.29, 1.82) is 0 Å². The molecule has 0 aliphatic heterocycles. The second kappa shape index (κ2) is 11.7. The van der Waals surface area contributed by atoms with E-state index in [0.29, 0.717) is 29.3 Å². The maximum absolute atomic E-state index is 13.1. The number of ether oxygens (including phenoxy) is 2. The van der Waals surface area contributed by atoms with E-state index >= 15 is 0 Å². The standard InChI is InChI=1S/C31H32F3N3O4/c1-19-16-20(10-15-26(19)41-30(2,3)29(38)39)18-35-28(23-8-6-7-9-27(23)40-5)25-17-24(36-37(25)4)21-11-13-22(14-12-21)31(32,33)34/h6-17,28,35H,18H2,1-5H3,(H,38,39). The van der Waals surface area contributed by atoms with E-state index < -0.39 is 23.3 Å². The van der Waals surface area contributed by atoms with Gasteiger partial charge in [-0.25, -0.2) is 4.79 Å². The normalized spacial score (nSPS) is 12.7. The van der Waals surface area contributed by atoms with E-state index in [2.05, 4.69) is 10.4 Å². The van der Waals surface area contributed by atoms with Crippen LogP contribution in [0, 0.1) is 6.92 Å². The van der Waals surface area contributed by atoms with Crippen LogP contribution in [0.2, 0.25) is 0 Å². The van der Waals surface area contributed by atoms with E-state index in [1.807, 2.05) is 49.4 Å². The molecule has 4 aromatic rings. The molecule has 0 spiro atoms. The van der Waals surface area contributed by atoms with Crippen LogP contribution < -0.4 is 14.8 Å². The van der Waals surface area contributed by atoms with E-state index in [-0.39, 0.29) is 6.04 Å². The molecule has 0 aliphatic rings. The Hall–Kier alpha value is -4.31. The molecule has 1 unspecified atom stereocenters. The monoisotopic (exact) mass is 567 g/mol. The summed E-state index contributed by atoms with van der Waals surface area (Å²) in [7, 11) is 3.38. The Balaban J connectivity index is 1.64. The minimum Gasteiger partial charge on any atom is -0.496 e. The molecule has 216 valence electrons. The van der Waals surface area contributed by atoms with Gasteiger partial charge in [0.25, 0.3) is 0 Å². The third kappa shape index (κ3) is 6.71. The number of nitrogens with zero attached hydrogens (tertiary/aromatic N) is 2. The van der Waals surface area contributed by atoms with Gasteiger partial charge in [-0.15, -0.1) is 0 Å². The van der Waals surface area contributed by atoms with Gasteiger partial charge in [-0.3, -0.25) is 4.68 Å². The van der Waals surface area contributed by atoms with Crippen LogP contribution in [0.4, 0.5) is 13.2 Å². The molecule has 7 nitrogen and oxygen atoms in total. The number of benzene rings is 3. The molecule has 1 aromatic heterocycles. The topological polar surface area (TPSA) is 85.6 Å². The minimum absolute atomic E-state index is 0.381. The smallest absolute Gasteiger partial charge is 0.416 e. The van der Waals surface area contributed by atoms with Gasteiger partial charge in [0.2, 0.25) is 0 Å². The van der Waals surface area contributed by atoms with Gasteiger partial charge < -0.3 is 19.9 Å². The number of aliphatic carboxylic acids is 1. The number of alkyl halides is 3. The lowest BCUT2D eigenvalue weighted by Crippen LogP contribution is -2.38. The molecule has 0 saturated heterocycles. The number of hydrogen-bond donors (Lipinski definition) is 2. The van der Waals surface area contributed by atoms with Gasteiger partial charge in [0.1, 0.15) is 11.5 Å². The Morgan fingerprint density at radius 2 is 1.71 bits per heavy atom. The van der Waals surface area contributed by atoms with Crippen molar-refractivity contribution >= 4 is 5.97 Å². The summed E-state index contributed by atoms with van der Waals surface area (Å²) in [6, 6.07) is 19.5. The van der Waals surface area contributed by atoms with Gasteiger partial charge >= 0.3 is 12.1 Å². The van der Waals surface area contributed by atoms with Crippen molar-refractivity contribution in [1.82, 2.24) is 15.1 Å². The highest BCUT2D eigenvalue weighted by atomic mass is 19.4. The summed E-state index contributed by atoms with van der Waals surface area (Å²) in [6.07, 6.45) is -4.41. The van der Waals surface area contributed by atoms with Crippen molar-refractivity contribution in [3.8, 4) is 22.8 Å². The maximum Gasteiger partial charge on any atom is 0.416 e. The Bertz CT molecular complexity index is 1530. The molecule has 3 aromatic carbocycles. The van der Waals surface area contributed by atoms with Crippen molar-refractivity contribution in [2.24, 2.45) is 7.05 Å². The first-order chi connectivity index (χ1) is 19.3. The summed E-state index contributed by atoms with van der Waals surface area (Å²) in [6.45, 7) is 5.28. The molecule has 2 N–H and O–H groups in total. The van der Waals surface area contributed by atoms with E-state index in [0.717, 1.165) is 34.5 Å². The zero-order valence-electron chi connectivity index (χ0n) is 23.4. The van der Waals surface area contributed by atoms with E-state index in [1.54, 1.807) is 24.9 Å². The lowest BCUT2D eigenvalue weighted by atomic mass is 10.00. The molecule has 0 amide bonds. The number of carbonyl (C=O) groups is 1. The molecular weight excluding hydrogens is 535 g/mol. The molecule has 0 radical (unpaired) electrons. The summed E-state index contributed by atoms with van der Waals surface area (Å²) in [4.78, 5) is 11.5. The molecule has 0 saturated carbocycles. The van der Waals surface area contributed by atoms with Crippen LogP contribution >= 0.6 is 0 Å². The summed E-state index contributed by atoms with van der Waals surface area (Å²) in [5, 5.41) is 17.6. The van der Waals surface area contributed by atoms with Crippen LogP contribution in [0.3, 0.4) is 0 Å². The van der Waals surface area contributed by atoms with E-state index in [4.69, 9.17) is 9.47 Å². The van der Waals surface area contributed by atoms with Gasteiger partial charge in [0.05, 0.1) is 30.1 Å². The lowest BCUT2D eigenvalue weighted by molar-refractivity contribution is -0.152. The van der Waals surface area contributed by atoms with Crippen LogP contribution in [0.5, 0.6) is 11.5 Å². The molecule has 41 heavy (non-hydrogen) atoms. The molecule has 4 rings (SSSR count). The van der Waals surface area contributed by atoms with Gasteiger partial charge in [-0.05, 0) is 62.2 Å². The Labute approximate surface area is 236 Å². The second-order valence-electron chi connectivity index (χ2n) is 10.2. The van der Waals surface area contributed by atoms with E-state index in [1.165, 1.54) is 26.0 Å². The number of halogens is 3. The average molecular weight is 568 g/mol. The fourth-order valence-corrected chi connectivity index (χ4v) is 4.48. The van der Waals surface area contributed by atoms with Crippen LogP contribution in [-0.2, 0) is 24.6 Å². The van der Waals surface area contributed by atoms with Crippen LogP contribution in [-0.4, -0.2) is 33.6 Å². The zero-order valence-corrected chi connectivity index (χ0v) is 23.4. The fourth-order valence-electron chi connectivity index (χ4n) is 4.48. The van der Waals surface area contributed by atoms with Crippen LogP contribution in [0.15, 0.2) is 72.8 Å². The number of carboxylic acids is 1. The number of rotatable bonds is 10. The van der Waals surface area contributed by atoms with Gasteiger partial charge in [-0.1, -0.05) is 42.5 Å². The average Bonchev–Trinajstić information content (AvgIpc) is 3.31. The van der Waals surface area contributed by atoms with Crippen molar-refractivity contribution < 1.29 is 32.5 Å². The summed E-state index contributed by atoms with van der Waals surface area (Å²) in [5.41, 5.74) is 2.38. The molecule has 1 atom stereocenters. The number of hydrogen-bond acceptors (Lipinski definition) is 5. The molecular formula is C31H32F3N3O4. The predicted molar refractivity (Wildman–Crippen MR) is 149 cm³/mol. The van der Waals surface area contributed by atoms with Gasteiger partial charge in [-0.2, -0.15) is 18.3 Å². The molecule has 1 heterocycles. The summed E-state index contributed by atoms with van der Waals surface area (Å²) in [5.74, 6) is 0.0856. The number of nitrogens with one attached hydrogen (secondary N) is 1. The third-order valence-electron chi connectivity index (χ3n) is 6.80. The first-order valence-electron chi connectivity index (χ1n) is 12.9. The minimum atomic E-state index is -4.41. The predicted octanol–water partition coefficient (Wildman–Crippen LogP) is 6.54. The number of para-hydroxylation sites is 1. The van der Waals surface area contributed by atoms with E-state index in [9.17, 15) is 23.1 Å². The Morgan fingerprint density at radius 3 is 2.32 bits per heavy atom. The zero-order chi connectivity index (χ0) is 29.9. The van der Waals surface area contributed by atoms with Gasteiger partial charge in [0, 0.05) is 24.7 Å². The fraction of sp³-hybridized carbons (Fsp3) is 0.290. The SMILES string of the molecule is COc1ccccc1C(NCc1ccc(OC(C)(C)C(=O)O)c(C)c1)c1cc(-c2ccc(C(F)(F)F)cc2)nn1C. The molecule has 0 aliphatic carbocycles. The largest absolute Gasteiger partial charge is 0.496 e. The number of aromatic nitrogens is 2. The first kappa shape index (κ1) is 29.7. The van der Waals surface area contributed by atoms with Gasteiger partial charge in [0.15, 0.2) is 5.60 Å². The highest BCUT2D eigenvalue weighted by molar-refractivity contribution is 5.76. The quantitative estimate of drug-likeness (QED) is 0.226. The highest BCUT2D eigenvalue weighted by Gasteiger charge is 2.31. The first-order valence-corrected chi connectivity index (χ1v) is 12.9. The maximum atomic E-state index is 13.1. The van der Waals surface area contributed by atoms with Crippen molar-refractivity contribution in [3.05, 3.63) is 101 Å². The van der Waals surface area contributed by atoms with Crippen molar-refractivity contribution in [2.45, 2.75) is 45.1 Å². The molecule has 0 fully saturated rings. The third-order valence-corrected chi connectivity index (χ3v) is 6.80. The molecule has 0 bridgehead atoms. The Kier molecular flexibility index (Phi) is 8.44.